The summed E-state index contributed by atoms with van der Waals surface area (Å²) in [5.41, 5.74) is 1.15. The molecule has 0 fully saturated rings. The van der Waals surface area contributed by atoms with Gasteiger partial charge in [-0.15, -0.1) is 0 Å². The van der Waals surface area contributed by atoms with Gasteiger partial charge < -0.3 is 10.4 Å². The molecule has 1 heterocycles. The van der Waals surface area contributed by atoms with Crippen molar-refractivity contribution in [2.45, 2.75) is 6.92 Å². The summed E-state index contributed by atoms with van der Waals surface area (Å²) in [7, 11) is 0. The number of hydrogen-bond donors (Lipinski definition) is 2. The van der Waals surface area contributed by atoms with Gasteiger partial charge in [-0.05, 0) is 18.6 Å². The second-order valence-corrected chi connectivity index (χ2v) is 2.11. The van der Waals surface area contributed by atoms with Crippen LogP contribution in [-0.2, 0) is 0 Å². The highest BCUT2D eigenvalue weighted by Gasteiger charge is 1.92. The van der Waals surface area contributed by atoms with Crippen molar-refractivity contribution in [2.75, 3.05) is 0 Å². The monoisotopic (exact) mass is 136 g/mol. The van der Waals surface area contributed by atoms with Crippen molar-refractivity contribution < 1.29 is 0 Å². The molecule has 0 spiro atoms. The molecule has 0 bridgehead atoms. The van der Waals surface area contributed by atoms with Crippen molar-refractivity contribution in [3.63, 3.8) is 0 Å². The summed E-state index contributed by atoms with van der Waals surface area (Å²) < 4.78 is 0. The Hall–Kier alpha value is -1.38. The number of hydrogen-bond acceptors (Lipinski definition) is 2. The first kappa shape index (κ1) is 6.74. The minimum Gasteiger partial charge on any atom is -0.328 e. The Kier molecular flexibility index (Phi) is 1.67. The number of H-pyrrole nitrogens is 1. The average Bonchev–Trinajstić information content (AvgIpc) is 1.94. The molecule has 0 saturated carbocycles. The summed E-state index contributed by atoms with van der Waals surface area (Å²) >= 11 is 0. The van der Waals surface area contributed by atoms with Crippen LogP contribution in [-0.4, -0.2) is 11.2 Å². The first-order valence-electron chi connectivity index (χ1n) is 2.94. The fourth-order valence-corrected chi connectivity index (χ4v) is 0.722. The van der Waals surface area contributed by atoms with Gasteiger partial charge in [0, 0.05) is 12.4 Å². The highest BCUT2D eigenvalue weighted by Crippen LogP contribution is 1.91. The van der Waals surface area contributed by atoms with Crippen LogP contribution in [0.5, 0.6) is 0 Å². The number of nitrogens with one attached hydrogen (secondary N) is 2. The minimum absolute atomic E-state index is 0.208. The lowest BCUT2D eigenvalue weighted by Crippen LogP contribution is -2.10. The Morgan fingerprint density at radius 2 is 2.40 bits per heavy atom. The molecule has 1 rings (SSSR count). The third kappa shape index (κ3) is 1.13. The Morgan fingerprint density at radius 3 is 2.90 bits per heavy atom. The van der Waals surface area contributed by atoms with E-state index >= 15 is 0 Å². The highest BCUT2D eigenvalue weighted by atomic mass is 16.1. The molecule has 0 amide bonds. The maximum Gasteiger partial charge on any atom is 0.256 e. The molecule has 2 N–H and O–H groups in total. The summed E-state index contributed by atoms with van der Waals surface area (Å²) in [5.74, 6) is 0. The maximum atomic E-state index is 10.8. The molecule has 0 atom stereocenters. The molecule has 0 radical (unpaired) electrons. The maximum absolute atomic E-state index is 10.8. The Bertz CT molecular complexity index is 301. The van der Waals surface area contributed by atoms with Gasteiger partial charge in [-0.25, -0.2) is 0 Å². The molecule has 1 aromatic rings. The molecule has 0 aliphatic rings. The molecular formula is C7H8N2O. The molecule has 3 nitrogen and oxygen atoms in total. The third-order valence-corrected chi connectivity index (χ3v) is 1.23. The molecule has 52 valence electrons. The Morgan fingerprint density at radius 1 is 1.70 bits per heavy atom. The summed E-state index contributed by atoms with van der Waals surface area (Å²) in [6, 6.07) is 1.67. The van der Waals surface area contributed by atoms with E-state index in [1.165, 1.54) is 0 Å². The van der Waals surface area contributed by atoms with Crippen molar-refractivity contribution in [1.82, 2.24) is 4.98 Å². The van der Waals surface area contributed by atoms with E-state index in [-0.39, 0.29) is 5.56 Å². The van der Waals surface area contributed by atoms with Crippen LogP contribution in [0.2, 0.25) is 0 Å². The average molecular weight is 136 g/mol. The van der Waals surface area contributed by atoms with Gasteiger partial charge in [-0.2, -0.15) is 0 Å². The van der Waals surface area contributed by atoms with Gasteiger partial charge in [0.25, 0.3) is 5.56 Å². The van der Waals surface area contributed by atoms with E-state index in [0.717, 1.165) is 11.8 Å². The molecule has 0 unspecified atom stereocenters. The summed E-state index contributed by atoms with van der Waals surface area (Å²) in [5, 5.41) is 6.84. The zero-order chi connectivity index (χ0) is 7.56. The van der Waals surface area contributed by atoms with Crippen LogP contribution in [0.1, 0.15) is 11.1 Å². The second kappa shape index (κ2) is 2.47. The van der Waals surface area contributed by atoms with Crippen molar-refractivity contribution in [1.29, 1.82) is 5.41 Å². The van der Waals surface area contributed by atoms with Crippen LogP contribution in [0, 0.1) is 12.3 Å². The molecule has 0 aliphatic heterocycles. The standard InChI is InChI=1S/C7H8N2O/c1-5-2-6(3-8)7(10)9-4-5/h2-4,8H,1H3,(H,9,10). The largest absolute Gasteiger partial charge is 0.328 e. The highest BCUT2D eigenvalue weighted by molar-refractivity contribution is 5.76. The molecule has 1 aromatic heterocycles. The number of aromatic nitrogens is 1. The fourth-order valence-electron chi connectivity index (χ4n) is 0.722. The van der Waals surface area contributed by atoms with Gasteiger partial charge in [0.05, 0.1) is 5.56 Å². The molecular weight excluding hydrogens is 128 g/mol. The normalized spacial score (nSPS) is 9.30. The van der Waals surface area contributed by atoms with Crippen molar-refractivity contribution in [3.8, 4) is 0 Å². The van der Waals surface area contributed by atoms with Crippen molar-refractivity contribution >= 4 is 6.21 Å². The van der Waals surface area contributed by atoms with Gasteiger partial charge in [-0.3, -0.25) is 4.79 Å². The van der Waals surface area contributed by atoms with Crippen LogP contribution in [0.15, 0.2) is 17.1 Å². The Balaban J connectivity index is 3.35. The second-order valence-electron chi connectivity index (χ2n) is 2.11. The van der Waals surface area contributed by atoms with Crippen LogP contribution in [0.4, 0.5) is 0 Å². The zero-order valence-electron chi connectivity index (χ0n) is 5.64. The lowest BCUT2D eigenvalue weighted by atomic mass is 10.2. The van der Waals surface area contributed by atoms with Gasteiger partial charge >= 0.3 is 0 Å². The molecule has 0 saturated heterocycles. The number of pyridine rings is 1. The van der Waals surface area contributed by atoms with E-state index in [1.807, 2.05) is 6.92 Å². The SMILES string of the molecule is Cc1c[nH]c(=O)c(C=N)c1. The quantitative estimate of drug-likeness (QED) is 0.548. The molecule has 0 aliphatic carbocycles. The number of rotatable bonds is 1. The fraction of sp³-hybridized carbons (Fsp3) is 0.143. The topological polar surface area (TPSA) is 56.7 Å². The lowest BCUT2D eigenvalue weighted by Gasteiger charge is -1.91. The van der Waals surface area contributed by atoms with Gasteiger partial charge in [0.2, 0.25) is 0 Å². The van der Waals surface area contributed by atoms with E-state index < -0.39 is 0 Å². The van der Waals surface area contributed by atoms with Crippen LogP contribution < -0.4 is 5.56 Å². The van der Waals surface area contributed by atoms with E-state index in [2.05, 4.69) is 4.98 Å². The smallest absolute Gasteiger partial charge is 0.256 e. The minimum atomic E-state index is -0.208. The molecule has 10 heavy (non-hydrogen) atoms. The van der Waals surface area contributed by atoms with Crippen LogP contribution in [0.3, 0.4) is 0 Å². The number of aryl methyl sites for hydroxylation is 1. The van der Waals surface area contributed by atoms with Crippen LogP contribution in [0.25, 0.3) is 0 Å². The summed E-state index contributed by atoms with van der Waals surface area (Å²) in [6.45, 7) is 1.86. The van der Waals surface area contributed by atoms with E-state index in [4.69, 9.17) is 5.41 Å². The first-order valence-corrected chi connectivity index (χ1v) is 2.94. The Labute approximate surface area is 58.2 Å². The van der Waals surface area contributed by atoms with Crippen molar-refractivity contribution in [2.24, 2.45) is 0 Å². The van der Waals surface area contributed by atoms with Gasteiger partial charge in [0.15, 0.2) is 0 Å². The molecule has 3 heteroatoms. The van der Waals surface area contributed by atoms with Crippen LogP contribution >= 0.6 is 0 Å². The van der Waals surface area contributed by atoms with Crippen molar-refractivity contribution in [3.05, 3.63) is 33.7 Å². The first-order chi connectivity index (χ1) is 4.74. The predicted octanol–water partition coefficient (Wildman–Crippen LogP) is 0.681. The van der Waals surface area contributed by atoms with Gasteiger partial charge in [-0.1, -0.05) is 0 Å². The zero-order valence-corrected chi connectivity index (χ0v) is 5.64. The molecule has 0 aromatic carbocycles. The van der Waals surface area contributed by atoms with E-state index in [9.17, 15) is 4.79 Å². The predicted molar refractivity (Wildman–Crippen MR) is 39.7 cm³/mol. The van der Waals surface area contributed by atoms with E-state index in [0.29, 0.717) is 5.56 Å². The number of aromatic amines is 1. The summed E-state index contributed by atoms with van der Waals surface area (Å²) in [6.07, 6.45) is 2.67. The van der Waals surface area contributed by atoms with Gasteiger partial charge in [0.1, 0.15) is 0 Å². The lowest BCUT2D eigenvalue weighted by molar-refractivity contribution is 1.19. The van der Waals surface area contributed by atoms with E-state index in [1.54, 1.807) is 12.3 Å². The third-order valence-electron chi connectivity index (χ3n) is 1.23. The summed E-state index contributed by atoms with van der Waals surface area (Å²) in [4.78, 5) is 13.3.